The van der Waals surface area contributed by atoms with Gasteiger partial charge in [-0.15, -0.1) is 0 Å². The second kappa shape index (κ2) is 5.84. The number of carbonyl (C=O) groups excluding carboxylic acids is 1. The Morgan fingerprint density at radius 3 is 2.12 bits per heavy atom. The summed E-state index contributed by atoms with van der Waals surface area (Å²) in [6, 6.07) is -0.349. The number of aliphatic hydroxyl groups excluding tert-OH is 1. The summed E-state index contributed by atoms with van der Waals surface area (Å²) >= 11 is 0. The van der Waals surface area contributed by atoms with Crippen molar-refractivity contribution in [3.05, 3.63) is 0 Å². The maximum atomic E-state index is 11.6. The van der Waals surface area contributed by atoms with E-state index in [1.807, 2.05) is 0 Å². The Morgan fingerprint density at radius 1 is 1.31 bits per heavy atom. The predicted molar refractivity (Wildman–Crippen MR) is 59.9 cm³/mol. The summed E-state index contributed by atoms with van der Waals surface area (Å²) in [6.45, 7) is 6.61. The molecule has 0 aliphatic carbocycles. The molecule has 2 unspecified atom stereocenters. The second-order valence-electron chi connectivity index (χ2n) is 4.71. The van der Waals surface area contributed by atoms with Crippen molar-refractivity contribution < 1.29 is 19.8 Å². The lowest BCUT2D eigenvalue weighted by atomic mass is 9.76. The molecule has 0 saturated carbocycles. The van der Waals surface area contributed by atoms with Crippen molar-refractivity contribution in [2.75, 3.05) is 6.61 Å². The first kappa shape index (κ1) is 14.9. The van der Waals surface area contributed by atoms with Crippen molar-refractivity contribution in [2.45, 2.75) is 40.2 Å². The van der Waals surface area contributed by atoms with Crippen LogP contribution in [0.25, 0.3) is 0 Å². The number of nitrogens with one attached hydrogen (secondary N) is 1. The minimum atomic E-state index is -1.07. The van der Waals surface area contributed by atoms with Crippen LogP contribution in [0.15, 0.2) is 0 Å². The second-order valence-corrected chi connectivity index (χ2v) is 4.71. The molecule has 94 valence electrons. The van der Waals surface area contributed by atoms with Gasteiger partial charge in [-0.05, 0) is 19.8 Å². The van der Waals surface area contributed by atoms with Gasteiger partial charge in [0.15, 0.2) is 0 Å². The first-order valence-corrected chi connectivity index (χ1v) is 5.37. The molecule has 0 aromatic rings. The van der Waals surface area contributed by atoms with Gasteiger partial charge < -0.3 is 15.5 Å². The van der Waals surface area contributed by atoms with Gasteiger partial charge in [-0.3, -0.25) is 9.59 Å². The Bertz CT molecular complexity index is 265. The van der Waals surface area contributed by atoms with Crippen molar-refractivity contribution in [1.82, 2.24) is 5.32 Å². The molecule has 5 heteroatoms. The van der Waals surface area contributed by atoms with E-state index < -0.39 is 11.4 Å². The van der Waals surface area contributed by atoms with E-state index in [2.05, 4.69) is 5.32 Å². The Hall–Kier alpha value is -1.10. The number of rotatable bonds is 6. The molecule has 0 aromatic heterocycles. The van der Waals surface area contributed by atoms with E-state index in [4.69, 9.17) is 10.2 Å². The van der Waals surface area contributed by atoms with E-state index in [0.29, 0.717) is 0 Å². The smallest absolute Gasteiger partial charge is 0.310 e. The van der Waals surface area contributed by atoms with Gasteiger partial charge in [-0.1, -0.05) is 13.8 Å². The summed E-state index contributed by atoms with van der Waals surface area (Å²) in [5, 5.41) is 20.4. The summed E-state index contributed by atoms with van der Waals surface area (Å²) in [5.41, 5.74) is -1.07. The summed E-state index contributed by atoms with van der Waals surface area (Å²) in [5.74, 6) is -1.46. The number of carboxylic acid groups (broad SMARTS) is 1. The number of amides is 1. The Morgan fingerprint density at radius 2 is 1.81 bits per heavy atom. The van der Waals surface area contributed by atoms with Crippen LogP contribution in [0.2, 0.25) is 0 Å². The van der Waals surface area contributed by atoms with Crippen LogP contribution in [0.5, 0.6) is 0 Å². The van der Waals surface area contributed by atoms with Gasteiger partial charge in [0.2, 0.25) is 5.91 Å². The number of carbonyl (C=O) groups is 2. The third-order valence-electron chi connectivity index (χ3n) is 2.97. The molecule has 2 atom stereocenters. The van der Waals surface area contributed by atoms with Gasteiger partial charge in [-0.2, -0.15) is 0 Å². The Labute approximate surface area is 95.9 Å². The molecule has 0 aliphatic rings. The third-order valence-corrected chi connectivity index (χ3v) is 2.97. The lowest BCUT2D eigenvalue weighted by Gasteiger charge is -2.28. The standard InChI is InChI=1S/C11H21NO4/c1-7(2)11(4,10(15)16)5-9(14)12-8(3)6-13/h7-8,13H,5-6H2,1-4H3,(H,12,14)(H,15,16). The maximum Gasteiger partial charge on any atom is 0.310 e. The highest BCUT2D eigenvalue weighted by Crippen LogP contribution is 2.31. The van der Waals surface area contributed by atoms with Crippen LogP contribution in [0.1, 0.15) is 34.1 Å². The van der Waals surface area contributed by atoms with E-state index in [9.17, 15) is 9.59 Å². The summed E-state index contributed by atoms with van der Waals surface area (Å²) in [4.78, 5) is 22.7. The Kier molecular flexibility index (Phi) is 5.44. The van der Waals surface area contributed by atoms with Gasteiger partial charge in [0.1, 0.15) is 0 Å². The molecule has 0 aromatic carbocycles. The van der Waals surface area contributed by atoms with E-state index in [1.54, 1.807) is 27.7 Å². The monoisotopic (exact) mass is 231 g/mol. The molecule has 0 rings (SSSR count). The predicted octanol–water partition coefficient (Wildman–Crippen LogP) is 0.620. The molecule has 1 amide bonds. The molecule has 0 spiro atoms. The van der Waals surface area contributed by atoms with Crippen molar-refractivity contribution >= 4 is 11.9 Å². The van der Waals surface area contributed by atoms with Crippen LogP contribution >= 0.6 is 0 Å². The van der Waals surface area contributed by atoms with Crippen LogP contribution in [0, 0.1) is 11.3 Å². The molecule has 0 radical (unpaired) electrons. The zero-order valence-electron chi connectivity index (χ0n) is 10.3. The van der Waals surface area contributed by atoms with Crippen molar-refractivity contribution in [3.63, 3.8) is 0 Å². The lowest BCUT2D eigenvalue weighted by Crippen LogP contribution is -2.42. The van der Waals surface area contributed by atoms with Crippen LogP contribution in [0.3, 0.4) is 0 Å². The average molecular weight is 231 g/mol. The highest BCUT2D eigenvalue weighted by Gasteiger charge is 2.38. The molecule has 0 aliphatic heterocycles. The van der Waals surface area contributed by atoms with Gasteiger partial charge in [-0.25, -0.2) is 0 Å². The van der Waals surface area contributed by atoms with E-state index >= 15 is 0 Å². The molecule has 0 heterocycles. The number of hydrogen-bond donors (Lipinski definition) is 3. The third kappa shape index (κ3) is 3.81. The first-order valence-electron chi connectivity index (χ1n) is 5.37. The molecular weight excluding hydrogens is 210 g/mol. The van der Waals surface area contributed by atoms with E-state index in [-0.39, 0.29) is 30.9 Å². The quantitative estimate of drug-likeness (QED) is 0.625. The highest BCUT2D eigenvalue weighted by atomic mass is 16.4. The fourth-order valence-electron chi connectivity index (χ4n) is 1.23. The molecule has 0 saturated heterocycles. The Balaban J connectivity index is 4.54. The summed E-state index contributed by atoms with van der Waals surface area (Å²) < 4.78 is 0. The van der Waals surface area contributed by atoms with Crippen molar-refractivity contribution in [1.29, 1.82) is 0 Å². The van der Waals surface area contributed by atoms with Crippen molar-refractivity contribution in [2.24, 2.45) is 11.3 Å². The molecule has 3 N–H and O–H groups in total. The van der Waals surface area contributed by atoms with Gasteiger partial charge in [0.25, 0.3) is 0 Å². The first-order chi connectivity index (χ1) is 7.24. The molecule has 5 nitrogen and oxygen atoms in total. The normalized spacial score (nSPS) is 16.6. The summed E-state index contributed by atoms with van der Waals surface area (Å²) in [7, 11) is 0. The summed E-state index contributed by atoms with van der Waals surface area (Å²) in [6.07, 6.45) is -0.0790. The van der Waals surface area contributed by atoms with Gasteiger partial charge in [0.05, 0.1) is 12.0 Å². The van der Waals surface area contributed by atoms with Crippen LogP contribution in [-0.4, -0.2) is 34.7 Å². The topological polar surface area (TPSA) is 86.6 Å². The largest absolute Gasteiger partial charge is 0.481 e. The minimum Gasteiger partial charge on any atom is -0.481 e. The number of aliphatic hydroxyl groups is 1. The van der Waals surface area contributed by atoms with Crippen LogP contribution < -0.4 is 5.32 Å². The van der Waals surface area contributed by atoms with Gasteiger partial charge in [0, 0.05) is 12.5 Å². The lowest BCUT2D eigenvalue weighted by molar-refractivity contribution is -0.153. The number of carboxylic acids is 1. The van der Waals surface area contributed by atoms with Crippen LogP contribution in [0.4, 0.5) is 0 Å². The molecule has 16 heavy (non-hydrogen) atoms. The number of aliphatic carboxylic acids is 1. The minimum absolute atomic E-state index is 0.0790. The van der Waals surface area contributed by atoms with Crippen molar-refractivity contribution in [3.8, 4) is 0 Å². The van der Waals surface area contributed by atoms with E-state index in [1.165, 1.54) is 0 Å². The fourth-order valence-corrected chi connectivity index (χ4v) is 1.23. The zero-order valence-corrected chi connectivity index (χ0v) is 10.3. The van der Waals surface area contributed by atoms with Gasteiger partial charge >= 0.3 is 5.97 Å². The van der Waals surface area contributed by atoms with Crippen LogP contribution in [-0.2, 0) is 9.59 Å². The highest BCUT2D eigenvalue weighted by molar-refractivity contribution is 5.85. The van der Waals surface area contributed by atoms with E-state index in [0.717, 1.165) is 0 Å². The maximum absolute atomic E-state index is 11.6. The average Bonchev–Trinajstić information content (AvgIpc) is 2.16. The molecule has 0 fully saturated rings. The molecule has 0 bridgehead atoms. The molecular formula is C11H21NO4. The SMILES string of the molecule is CC(CO)NC(=O)CC(C)(C(=O)O)C(C)C. The zero-order chi connectivity index (χ0) is 12.9. The number of hydrogen-bond acceptors (Lipinski definition) is 3. The fraction of sp³-hybridized carbons (Fsp3) is 0.818.